The van der Waals surface area contributed by atoms with Crippen LogP contribution in [-0.2, 0) is 0 Å². The second-order valence-corrected chi connectivity index (χ2v) is 3.88. The summed E-state index contributed by atoms with van der Waals surface area (Å²) in [6, 6.07) is 3.37. The number of nitrogens with zero attached hydrogens (tertiary/aromatic N) is 2. The van der Waals surface area contributed by atoms with Crippen molar-refractivity contribution in [2.24, 2.45) is 0 Å². The van der Waals surface area contributed by atoms with Crippen LogP contribution in [0, 0.1) is 6.92 Å². The standard InChI is InChI=1S/C12H18N2O2/c1-4-5-8-14(3)11-7-6-10(12(15)16)9(2)13-11/h6-7H,4-5,8H2,1-3H3,(H,15,16). The Morgan fingerprint density at radius 2 is 2.19 bits per heavy atom. The molecule has 0 amide bonds. The number of pyridine rings is 1. The van der Waals surface area contributed by atoms with Crippen LogP contribution in [0.4, 0.5) is 5.82 Å². The minimum Gasteiger partial charge on any atom is -0.478 e. The second kappa shape index (κ2) is 5.49. The molecule has 1 aromatic heterocycles. The highest BCUT2D eigenvalue weighted by atomic mass is 16.4. The van der Waals surface area contributed by atoms with Crippen molar-refractivity contribution in [3.8, 4) is 0 Å². The van der Waals surface area contributed by atoms with Crippen molar-refractivity contribution >= 4 is 11.8 Å². The third-order valence-electron chi connectivity index (χ3n) is 2.54. The first-order valence-corrected chi connectivity index (χ1v) is 5.48. The molecule has 16 heavy (non-hydrogen) atoms. The van der Waals surface area contributed by atoms with Crippen LogP contribution in [0.1, 0.15) is 35.8 Å². The van der Waals surface area contributed by atoms with Gasteiger partial charge in [0.2, 0.25) is 0 Å². The van der Waals surface area contributed by atoms with Crippen LogP contribution < -0.4 is 4.90 Å². The van der Waals surface area contributed by atoms with Gasteiger partial charge in [-0.2, -0.15) is 0 Å². The molecule has 88 valence electrons. The molecule has 0 saturated carbocycles. The Morgan fingerprint density at radius 1 is 1.50 bits per heavy atom. The fourth-order valence-electron chi connectivity index (χ4n) is 1.50. The van der Waals surface area contributed by atoms with Crippen molar-refractivity contribution in [3.05, 3.63) is 23.4 Å². The SMILES string of the molecule is CCCCN(C)c1ccc(C(=O)O)c(C)n1. The minimum absolute atomic E-state index is 0.271. The maximum absolute atomic E-state index is 10.8. The van der Waals surface area contributed by atoms with E-state index in [0.717, 1.165) is 25.2 Å². The summed E-state index contributed by atoms with van der Waals surface area (Å²) in [5.74, 6) is -0.0938. The van der Waals surface area contributed by atoms with Crippen molar-refractivity contribution in [2.45, 2.75) is 26.7 Å². The van der Waals surface area contributed by atoms with Crippen LogP contribution in [0.15, 0.2) is 12.1 Å². The number of unbranched alkanes of at least 4 members (excludes halogenated alkanes) is 1. The van der Waals surface area contributed by atoms with Gasteiger partial charge in [-0.3, -0.25) is 0 Å². The van der Waals surface area contributed by atoms with Crippen LogP contribution in [0.5, 0.6) is 0 Å². The van der Waals surface area contributed by atoms with Gasteiger partial charge in [0, 0.05) is 13.6 Å². The molecule has 0 saturated heterocycles. The summed E-state index contributed by atoms with van der Waals surface area (Å²) in [5, 5.41) is 8.88. The lowest BCUT2D eigenvalue weighted by Gasteiger charge is -2.18. The van der Waals surface area contributed by atoms with Gasteiger partial charge in [0.05, 0.1) is 11.3 Å². The molecule has 0 radical (unpaired) electrons. The Hall–Kier alpha value is -1.58. The zero-order valence-electron chi connectivity index (χ0n) is 10.0. The van der Waals surface area contributed by atoms with E-state index >= 15 is 0 Å². The molecule has 4 nitrogen and oxygen atoms in total. The number of aromatic nitrogens is 1. The predicted molar refractivity (Wildman–Crippen MR) is 64.1 cm³/mol. The maximum Gasteiger partial charge on any atom is 0.337 e. The Kier molecular flexibility index (Phi) is 4.28. The topological polar surface area (TPSA) is 53.4 Å². The summed E-state index contributed by atoms with van der Waals surface area (Å²) in [4.78, 5) is 17.2. The van der Waals surface area contributed by atoms with Crippen molar-refractivity contribution in [3.63, 3.8) is 0 Å². The smallest absolute Gasteiger partial charge is 0.337 e. The molecular weight excluding hydrogens is 204 g/mol. The molecule has 0 aromatic carbocycles. The van der Waals surface area contributed by atoms with Crippen LogP contribution in [0.3, 0.4) is 0 Å². The number of carboxylic acids is 1. The predicted octanol–water partition coefficient (Wildman–Crippen LogP) is 2.32. The molecule has 1 rings (SSSR count). The lowest BCUT2D eigenvalue weighted by molar-refractivity contribution is 0.0695. The first-order chi connectivity index (χ1) is 7.56. The van der Waals surface area contributed by atoms with Gasteiger partial charge < -0.3 is 10.0 Å². The van der Waals surface area contributed by atoms with E-state index < -0.39 is 5.97 Å². The number of anilines is 1. The van der Waals surface area contributed by atoms with Crippen LogP contribution in [-0.4, -0.2) is 29.7 Å². The number of aryl methyl sites for hydroxylation is 1. The number of carbonyl (C=O) groups is 1. The van der Waals surface area contributed by atoms with Gasteiger partial charge in [0.15, 0.2) is 0 Å². The van der Waals surface area contributed by atoms with Crippen LogP contribution >= 0.6 is 0 Å². The van der Waals surface area contributed by atoms with E-state index in [1.54, 1.807) is 19.1 Å². The number of carboxylic acid groups (broad SMARTS) is 1. The van der Waals surface area contributed by atoms with E-state index in [2.05, 4.69) is 11.9 Å². The molecule has 0 bridgehead atoms. The number of hydrogen-bond acceptors (Lipinski definition) is 3. The van der Waals surface area contributed by atoms with Gasteiger partial charge in [-0.05, 0) is 25.5 Å². The van der Waals surface area contributed by atoms with Gasteiger partial charge in [-0.25, -0.2) is 9.78 Å². The monoisotopic (exact) mass is 222 g/mol. The lowest BCUT2D eigenvalue weighted by Crippen LogP contribution is -2.20. The average molecular weight is 222 g/mol. The van der Waals surface area contributed by atoms with Gasteiger partial charge in [0.25, 0.3) is 0 Å². The van der Waals surface area contributed by atoms with Gasteiger partial charge in [-0.1, -0.05) is 13.3 Å². The largest absolute Gasteiger partial charge is 0.478 e. The van der Waals surface area contributed by atoms with E-state index in [1.807, 2.05) is 11.9 Å². The Labute approximate surface area is 95.9 Å². The minimum atomic E-state index is -0.923. The lowest BCUT2D eigenvalue weighted by atomic mass is 10.2. The first-order valence-electron chi connectivity index (χ1n) is 5.48. The molecule has 0 aliphatic rings. The molecule has 0 atom stereocenters. The molecule has 0 spiro atoms. The van der Waals surface area contributed by atoms with Crippen molar-refractivity contribution in [2.75, 3.05) is 18.5 Å². The van der Waals surface area contributed by atoms with Gasteiger partial charge >= 0.3 is 5.97 Å². The molecule has 0 unspecified atom stereocenters. The van der Waals surface area contributed by atoms with Gasteiger partial charge in [-0.15, -0.1) is 0 Å². The summed E-state index contributed by atoms with van der Waals surface area (Å²) < 4.78 is 0. The quantitative estimate of drug-likeness (QED) is 0.830. The third kappa shape index (κ3) is 2.95. The summed E-state index contributed by atoms with van der Waals surface area (Å²) >= 11 is 0. The highest BCUT2D eigenvalue weighted by molar-refractivity contribution is 5.89. The average Bonchev–Trinajstić information content (AvgIpc) is 2.25. The molecule has 0 fully saturated rings. The van der Waals surface area contributed by atoms with Crippen molar-refractivity contribution in [1.29, 1.82) is 0 Å². The van der Waals surface area contributed by atoms with Crippen molar-refractivity contribution in [1.82, 2.24) is 4.98 Å². The normalized spacial score (nSPS) is 10.2. The van der Waals surface area contributed by atoms with E-state index in [1.165, 1.54) is 0 Å². The third-order valence-corrected chi connectivity index (χ3v) is 2.54. The van der Waals surface area contributed by atoms with Gasteiger partial charge in [0.1, 0.15) is 5.82 Å². The van der Waals surface area contributed by atoms with Crippen molar-refractivity contribution < 1.29 is 9.90 Å². The molecule has 4 heteroatoms. The van der Waals surface area contributed by atoms with E-state index in [0.29, 0.717) is 5.69 Å². The second-order valence-electron chi connectivity index (χ2n) is 3.88. The summed E-state index contributed by atoms with van der Waals surface area (Å²) in [7, 11) is 1.97. The van der Waals surface area contributed by atoms with Crippen LogP contribution in [0.2, 0.25) is 0 Å². The summed E-state index contributed by atoms with van der Waals surface area (Å²) in [6.45, 7) is 4.80. The Morgan fingerprint density at radius 3 is 2.69 bits per heavy atom. The fraction of sp³-hybridized carbons (Fsp3) is 0.500. The molecule has 0 aliphatic carbocycles. The molecular formula is C12H18N2O2. The molecule has 1 aromatic rings. The summed E-state index contributed by atoms with van der Waals surface area (Å²) in [6.07, 6.45) is 2.24. The molecule has 0 aliphatic heterocycles. The zero-order chi connectivity index (χ0) is 12.1. The number of hydrogen-bond donors (Lipinski definition) is 1. The first kappa shape index (κ1) is 12.5. The molecule has 1 heterocycles. The van der Waals surface area contributed by atoms with E-state index in [-0.39, 0.29) is 5.56 Å². The zero-order valence-corrected chi connectivity index (χ0v) is 10.0. The summed E-state index contributed by atoms with van der Waals surface area (Å²) in [5.41, 5.74) is 0.834. The number of aromatic carboxylic acids is 1. The number of rotatable bonds is 5. The fourth-order valence-corrected chi connectivity index (χ4v) is 1.50. The molecule has 1 N–H and O–H groups in total. The Bertz CT molecular complexity index is 377. The Balaban J connectivity index is 2.84. The highest BCUT2D eigenvalue weighted by Crippen LogP contribution is 2.14. The maximum atomic E-state index is 10.8. The van der Waals surface area contributed by atoms with E-state index in [4.69, 9.17) is 5.11 Å². The van der Waals surface area contributed by atoms with Crippen LogP contribution in [0.25, 0.3) is 0 Å². The highest BCUT2D eigenvalue weighted by Gasteiger charge is 2.10. The van der Waals surface area contributed by atoms with E-state index in [9.17, 15) is 4.79 Å².